The van der Waals surface area contributed by atoms with Gasteiger partial charge in [-0.2, -0.15) is 0 Å². The minimum atomic E-state index is -3.55. The van der Waals surface area contributed by atoms with Gasteiger partial charge in [0.05, 0.1) is 0 Å². The molecule has 0 saturated heterocycles. The highest BCUT2D eigenvalue weighted by Gasteiger charge is 2.20. The second-order valence-electron chi connectivity index (χ2n) is 4.41. The van der Waals surface area contributed by atoms with Gasteiger partial charge >= 0.3 is 0 Å². The van der Waals surface area contributed by atoms with Gasteiger partial charge < -0.3 is 10.6 Å². The van der Waals surface area contributed by atoms with E-state index < -0.39 is 21.7 Å². The molecule has 0 saturated carbocycles. The number of benzene rings is 1. The maximum absolute atomic E-state index is 12.1. The van der Waals surface area contributed by atoms with Gasteiger partial charge in [-0.1, -0.05) is 30.3 Å². The maximum Gasteiger partial charge on any atom is 0.239 e. The number of hydrogen-bond donors (Lipinski definition) is 2. The Balaban J connectivity index is 2.75. The Kier molecular flexibility index (Phi) is 6.63. The summed E-state index contributed by atoms with van der Waals surface area (Å²) in [6.07, 6.45) is 0.637. The average molecular weight is 299 g/mol. The van der Waals surface area contributed by atoms with Gasteiger partial charge in [0.1, 0.15) is 5.75 Å². The van der Waals surface area contributed by atoms with E-state index in [1.54, 1.807) is 0 Å². The van der Waals surface area contributed by atoms with Gasteiger partial charge in [0.2, 0.25) is 15.9 Å². The third-order valence-electron chi connectivity index (χ3n) is 2.83. The lowest BCUT2D eigenvalue weighted by Crippen LogP contribution is -2.39. The molecule has 0 aliphatic rings. The third kappa shape index (κ3) is 5.68. The van der Waals surface area contributed by atoms with E-state index in [1.165, 1.54) is 11.9 Å². The van der Waals surface area contributed by atoms with Crippen molar-refractivity contribution in [3.8, 4) is 0 Å². The van der Waals surface area contributed by atoms with Crippen LogP contribution >= 0.6 is 0 Å². The summed E-state index contributed by atoms with van der Waals surface area (Å²) in [7, 11) is -2.26. The molecule has 6 nitrogen and oxygen atoms in total. The molecule has 20 heavy (non-hydrogen) atoms. The van der Waals surface area contributed by atoms with Crippen molar-refractivity contribution >= 4 is 15.9 Å². The molecule has 0 aliphatic carbocycles. The van der Waals surface area contributed by atoms with Crippen LogP contribution in [0.3, 0.4) is 0 Å². The van der Waals surface area contributed by atoms with Gasteiger partial charge in [-0.15, -0.1) is 0 Å². The van der Waals surface area contributed by atoms with Crippen LogP contribution in [0.5, 0.6) is 0 Å². The Morgan fingerprint density at radius 2 is 1.95 bits per heavy atom. The van der Waals surface area contributed by atoms with Crippen LogP contribution < -0.4 is 10.5 Å². The molecule has 3 N–H and O–H groups in total. The summed E-state index contributed by atoms with van der Waals surface area (Å²) in [5.74, 6) is -0.961. The lowest BCUT2D eigenvalue weighted by atomic mass is 10.2. The van der Waals surface area contributed by atoms with Crippen molar-refractivity contribution in [2.45, 2.75) is 13.0 Å². The molecular weight excluding hydrogens is 278 g/mol. The van der Waals surface area contributed by atoms with Crippen LogP contribution in [0.4, 0.5) is 0 Å². The number of amides is 1. The fourth-order valence-corrected chi connectivity index (χ4v) is 2.36. The highest BCUT2D eigenvalue weighted by atomic mass is 32.2. The molecule has 0 spiro atoms. The zero-order valence-corrected chi connectivity index (χ0v) is 12.4. The monoisotopic (exact) mass is 299 g/mol. The predicted octanol–water partition coefficient (Wildman–Crippen LogP) is -0.0868. The van der Waals surface area contributed by atoms with Gasteiger partial charge in [-0.3, -0.25) is 4.79 Å². The molecular formula is C13H21N3O3S. The molecule has 1 amide bonds. The van der Waals surface area contributed by atoms with E-state index in [0.29, 0.717) is 26.1 Å². The quantitative estimate of drug-likeness (QED) is 0.702. The van der Waals surface area contributed by atoms with Crippen LogP contribution in [0.2, 0.25) is 0 Å². The topological polar surface area (TPSA) is 92.5 Å². The molecule has 0 bridgehead atoms. The van der Waals surface area contributed by atoms with Gasteiger partial charge in [-0.25, -0.2) is 13.1 Å². The number of carbonyl (C=O) groups is 1. The molecule has 0 fully saturated rings. The summed E-state index contributed by atoms with van der Waals surface area (Å²) in [5, 5.41) is 0. The fraction of sp³-hybridized carbons (Fsp3) is 0.462. The molecule has 0 atom stereocenters. The van der Waals surface area contributed by atoms with E-state index in [-0.39, 0.29) is 0 Å². The fourth-order valence-electron chi connectivity index (χ4n) is 1.70. The summed E-state index contributed by atoms with van der Waals surface area (Å²) in [5.41, 5.74) is 6.41. The van der Waals surface area contributed by atoms with Crippen LogP contribution in [-0.2, 0) is 21.4 Å². The Hall–Kier alpha value is -1.44. The number of nitrogens with zero attached hydrogens (tertiary/aromatic N) is 1. The summed E-state index contributed by atoms with van der Waals surface area (Å²) in [4.78, 5) is 13.6. The molecule has 0 aromatic heterocycles. The van der Waals surface area contributed by atoms with Gasteiger partial charge in [0.25, 0.3) is 0 Å². The van der Waals surface area contributed by atoms with Crippen molar-refractivity contribution in [2.24, 2.45) is 5.73 Å². The summed E-state index contributed by atoms with van der Waals surface area (Å²) >= 11 is 0. The molecule has 0 radical (unpaired) electrons. The Labute approximate surface area is 120 Å². The Morgan fingerprint density at radius 3 is 2.50 bits per heavy atom. The minimum absolute atomic E-state index is 0.388. The van der Waals surface area contributed by atoms with E-state index in [4.69, 9.17) is 5.73 Å². The standard InChI is InChI=1S/C13H21N3O3S/c1-15-20(18,19)11-13(17)16(9-5-8-14)10-12-6-3-2-4-7-12/h2-4,6-7,15H,5,8-11,14H2,1H3. The summed E-state index contributed by atoms with van der Waals surface area (Å²) < 4.78 is 25.1. The molecule has 1 aromatic carbocycles. The van der Waals surface area contributed by atoms with Crippen molar-refractivity contribution in [3.63, 3.8) is 0 Å². The molecule has 0 aliphatic heterocycles. The first-order valence-electron chi connectivity index (χ1n) is 6.41. The molecule has 112 valence electrons. The molecule has 1 rings (SSSR count). The van der Waals surface area contributed by atoms with Gasteiger partial charge in [0.15, 0.2) is 0 Å². The van der Waals surface area contributed by atoms with E-state index in [1.807, 2.05) is 30.3 Å². The molecule has 0 unspecified atom stereocenters. The van der Waals surface area contributed by atoms with Crippen LogP contribution in [0.25, 0.3) is 0 Å². The minimum Gasteiger partial charge on any atom is -0.337 e. The number of rotatable bonds is 8. The van der Waals surface area contributed by atoms with Crippen LogP contribution in [0.1, 0.15) is 12.0 Å². The van der Waals surface area contributed by atoms with Crippen LogP contribution in [-0.4, -0.2) is 45.1 Å². The first kappa shape index (κ1) is 16.6. The lowest BCUT2D eigenvalue weighted by molar-refractivity contribution is -0.129. The van der Waals surface area contributed by atoms with Crippen LogP contribution in [0.15, 0.2) is 30.3 Å². The SMILES string of the molecule is CNS(=O)(=O)CC(=O)N(CCCN)Cc1ccccc1. The van der Waals surface area contributed by atoms with Crippen molar-refractivity contribution in [2.75, 3.05) is 25.9 Å². The van der Waals surface area contributed by atoms with Gasteiger partial charge in [0, 0.05) is 13.1 Å². The number of nitrogens with one attached hydrogen (secondary N) is 1. The predicted molar refractivity (Wildman–Crippen MR) is 78.4 cm³/mol. The molecule has 1 aromatic rings. The molecule has 0 heterocycles. The Morgan fingerprint density at radius 1 is 1.30 bits per heavy atom. The molecule has 7 heteroatoms. The number of hydrogen-bond acceptors (Lipinski definition) is 4. The zero-order valence-electron chi connectivity index (χ0n) is 11.6. The summed E-state index contributed by atoms with van der Waals surface area (Å²) in [6, 6.07) is 9.45. The van der Waals surface area contributed by atoms with Crippen molar-refractivity contribution in [1.82, 2.24) is 9.62 Å². The second-order valence-corrected chi connectivity index (χ2v) is 6.33. The second kappa shape index (κ2) is 7.98. The Bertz CT molecular complexity index is 517. The smallest absolute Gasteiger partial charge is 0.239 e. The summed E-state index contributed by atoms with van der Waals surface area (Å²) in [6.45, 7) is 1.29. The first-order chi connectivity index (χ1) is 9.48. The normalized spacial score (nSPS) is 11.3. The van der Waals surface area contributed by atoms with E-state index >= 15 is 0 Å². The highest BCUT2D eigenvalue weighted by Crippen LogP contribution is 2.06. The lowest BCUT2D eigenvalue weighted by Gasteiger charge is -2.22. The third-order valence-corrected chi connectivity index (χ3v) is 4.07. The maximum atomic E-state index is 12.1. The van der Waals surface area contributed by atoms with Crippen molar-refractivity contribution < 1.29 is 13.2 Å². The van der Waals surface area contributed by atoms with Crippen molar-refractivity contribution in [1.29, 1.82) is 0 Å². The van der Waals surface area contributed by atoms with Crippen molar-refractivity contribution in [3.05, 3.63) is 35.9 Å². The number of nitrogens with two attached hydrogens (primary N) is 1. The number of carbonyl (C=O) groups excluding carboxylic acids is 1. The first-order valence-corrected chi connectivity index (χ1v) is 8.06. The zero-order chi connectivity index (χ0) is 15.0. The van der Waals surface area contributed by atoms with E-state index in [2.05, 4.69) is 4.72 Å². The highest BCUT2D eigenvalue weighted by molar-refractivity contribution is 7.90. The number of sulfonamides is 1. The van der Waals surface area contributed by atoms with Crippen LogP contribution in [0, 0.1) is 0 Å². The van der Waals surface area contributed by atoms with E-state index in [9.17, 15) is 13.2 Å². The average Bonchev–Trinajstić information content (AvgIpc) is 2.44. The van der Waals surface area contributed by atoms with E-state index in [0.717, 1.165) is 5.56 Å². The largest absolute Gasteiger partial charge is 0.337 e. The van der Waals surface area contributed by atoms with Gasteiger partial charge in [-0.05, 0) is 25.6 Å².